The third-order valence-electron chi connectivity index (χ3n) is 4.03. The fourth-order valence-corrected chi connectivity index (χ4v) is 3.72. The molecule has 0 atom stereocenters. The first-order chi connectivity index (χ1) is 12.5. The molecule has 1 heterocycles. The van der Waals surface area contributed by atoms with Crippen molar-refractivity contribution in [1.82, 2.24) is 4.90 Å². The van der Waals surface area contributed by atoms with E-state index in [4.69, 9.17) is 9.47 Å². The number of carbonyl (C=O) groups excluding carboxylic acids is 1. The van der Waals surface area contributed by atoms with Crippen LogP contribution < -0.4 is 9.46 Å². The smallest absolute Gasteiger partial charge is 0.261 e. The SMILES string of the molecule is COc1ccc(NS(=O)(=O)c2cccc(C(=O)N3CCOCC3)c2)cc1. The summed E-state index contributed by atoms with van der Waals surface area (Å²) in [5, 5.41) is 0. The van der Waals surface area contributed by atoms with Crippen molar-refractivity contribution in [3.05, 3.63) is 54.1 Å². The van der Waals surface area contributed by atoms with Crippen LogP contribution >= 0.6 is 0 Å². The molecule has 1 aliphatic rings. The van der Waals surface area contributed by atoms with Gasteiger partial charge in [0.1, 0.15) is 5.75 Å². The number of hydrogen-bond donors (Lipinski definition) is 1. The molecular weight excluding hydrogens is 356 g/mol. The maximum atomic E-state index is 12.6. The van der Waals surface area contributed by atoms with Crippen LogP contribution in [-0.4, -0.2) is 52.6 Å². The predicted octanol–water partition coefficient (Wildman–Crippen LogP) is 1.97. The summed E-state index contributed by atoms with van der Waals surface area (Å²) in [5.74, 6) is 0.431. The highest BCUT2D eigenvalue weighted by molar-refractivity contribution is 7.92. The number of sulfonamides is 1. The van der Waals surface area contributed by atoms with Crippen molar-refractivity contribution < 1.29 is 22.7 Å². The molecule has 8 heteroatoms. The molecule has 0 bridgehead atoms. The maximum Gasteiger partial charge on any atom is 0.261 e. The van der Waals surface area contributed by atoms with E-state index in [1.165, 1.54) is 19.2 Å². The zero-order valence-corrected chi connectivity index (χ0v) is 15.2. The van der Waals surface area contributed by atoms with Gasteiger partial charge in [-0.05, 0) is 42.5 Å². The summed E-state index contributed by atoms with van der Waals surface area (Å²) in [6, 6.07) is 12.6. The molecule has 2 aromatic rings. The summed E-state index contributed by atoms with van der Waals surface area (Å²) in [4.78, 5) is 14.2. The molecule has 1 amide bonds. The van der Waals surface area contributed by atoms with Crippen molar-refractivity contribution in [2.45, 2.75) is 4.90 Å². The third kappa shape index (κ3) is 4.14. The first-order valence-corrected chi connectivity index (χ1v) is 9.62. The molecule has 26 heavy (non-hydrogen) atoms. The van der Waals surface area contributed by atoms with Gasteiger partial charge in [0.15, 0.2) is 0 Å². The lowest BCUT2D eigenvalue weighted by Crippen LogP contribution is -2.40. The van der Waals surface area contributed by atoms with Crippen LogP contribution in [0.25, 0.3) is 0 Å². The standard InChI is InChI=1S/C18H20N2O5S/c1-24-16-7-5-15(6-8-16)19-26(22,23)17-4-2-3-14(13-17)18(21)20-9-11-25-12-10-20/h2-8,13,19H,9-12H2,1H3. The zero-order chi connectivity index (χ0) is 18.6. The summed E-state index contributed by atoms with van der Waals surface area (Å²) in [6.45, 7) is 1.98. The Balaban J connectivity index is 1.80. The Morgan fingerprint density at radius 1 is 1.12 bits per heavy atom. The Morgan fingerprint density at radius 2 is 1.81 bits per heavy atom. The number of amides is 1. The Kier molecular flexibility index (Phi) is 5.43. The van der Waals surface area contributed by atoms with E-state index in [2.05, 4.69) is 4.72 Å². The van der Waals surface area contributed by atoms with Crippen molar-refractivity contribution in [2.75, 3.05) is 38.1 Å². The van der Waals surface area contributed by atoms with Crippen LogP contribution in [0.15, 0.2) is 53.4 Å². The fourth-order valence-electron chi connectivity index (χ4n) is 2.62. The fraction of sp³-hybridized carbons (Fsp3) is 0.278. The second kappa shape index (κ2) is 7.76. The number of carbonyl (C=O) groups is 1. The lowest BCUT2D eigenvalue weighted by Gasteiger charge is -2.27. The number of methoxy groups -OCH3 is 1. The van der Waals surface area contributed by atoms with Gasteiger partial charge in [-0.2, -0.15) is 0 Å². The van der Waals surface area contributed by atoms with Crippen LogP contribution in [0.4, 0.5) is 5.69 Å². The average molecular weight is 376 g/mol. The van der Waals surface area contributed by atoms with Gasteiger partial charge in [-0.3, -0.25) is 9.52 Å². The largest absolute Gasteiger partial charge is 0.497 e. The molecule has 1 saturated heterocycles. The van der Waals surface area contributed by atoms with Gasteiger partial charge < -0.3 is 14.4 Å². The molecule has 0 spiro atoms. The van der Waals surface area contributed by atoms with Gasteiger partial charge >= 0.3 is 0 Å². The summed E-state index contributed by atoms with van der Waals surface area (Å²) in [6.07, 6.45) is 0. The molecule has 3 rings (SSSR count). The monoisotopic (exact) mass is 376 g/mol. The van der Waals surface area contributed by atoms with Gasteiger partial charge in [-0.15, -0.1) is 0 Å². The van der Waals surface area contributed by atoms with E-state index in [9.17, 15) is 13.2 Å². The normalized spacial score (nSPS) is 14.7. The second-order valence-electron chi connectivity index (χ2n) is 5.77. The van der Waals surface area contributed by atoms with Crippen molar-refractivity contribution in [2.24, 2.45) is 0 Å². The van der Waals surface area contributed by atoms with Crippen LogP contribution in [0.1, 0.15) is 10.4 Å². The van der Waals surface area contributed by atoms with Gasteiger partial charge in [0.25, 0.3) is 15.9 Å². The van der Waals surface area contributed by atoms with Crippen molar-refractivity contribution in [3.63, 3.8) is 0 Å². The van der Waals surface area contributed by atoms with Gasteiger partial charge in [0, 0.05) is 24.3 Å². The van der Waals surface area contributed by atoms with Crippen LogP contribution in [-0.2, 0) is 14.8 Å². The Morgan fingerprint density at radius 3 is 2.46 bits per heavy atom. The van der Waals surface area contributed by atoms with E-state index in [-0.39, 0.29) is 10.8 Å². The minimum Gasteiger partial charge on any atom is -0.497 e. The minimum atomic E-state index is -3.81. The first-order valence-electron chi connectivity index (χ1n) is 8.13. The number of benzene rings is 2. The quantitative estimate of drug-likeness (QED) is 0.862. The topological polar surface area (TPSA) is 84.9 Å². The number of hydrogen-bond acceptors (Lipinski definition) is 5. The van der Waals surface area contributed by atoms with E-state index >= 15 is 0 Å². The second-order valence-corrected chi connectivity index (χ2v) is 7.45. The average Bonchev–Trinajstić information content (AvgIpc) is 2.68. The lowest BCUT2D eigenvalue weighted by atomic mass is 10.2. The molecule has 138 valence electrons. The van der Waals surface area contributed by atoms with Gasteiger partial charge in [0.05, 0.1) is 25.2 Å². The first kappa shape index (κ1) is 18.2. The van der Waals surface area contributed by atoms with Crippen LogP contribution in [0, 0.1) is 0 Å². The van der Waals surface area contributed by atoms with Crippen molar-refractivity contribution in [1.29, 1.82) is 0 Å². The van der Waals surface area contributed by atoms with E-state index < -0.39 is 10.0 Å². The predicted molar refractivity (Wildman–Crippen MR) is 97.0 cm³/mol. The van der Waals surface area contributed by atoms with E-state index in [1.807, 2.05) is 0 Å². The van der Waals surface area contributed by atoms with Crippen molar-refractivity contribution >= 4 is 21.6 Å². The highest BCUT2D eigenvalue weighted by Crippen LogP contribution is 2.20. The molecular formula is C18H20N2O5S. The molecule has 7 nitrogen and oxygen atoms in total. The van der Waals surface area contributed by atoms with Gasteiger partial charge in [-0.1, -0.05) is 6.07 Å². The number of nitrogens with one attached hydrogen (secondary N) is 1. The molecule has 1 N–H and O–H groups in total. The molecule has 0 aliphatic carbocycles. The van der Waals surface area contributed by atoms with E-state index in [1.54, 1.807) is 41.3 Å². The third-order valence-corrected chi connectivity index (χ3v) is 5.41. The maximum absolute atomic E-state index is 12.6. The molecule has 0 saturated carbocycles. The number of rotatable bonds is 5. The van der Waals surface area contributed by atoms with E-state index in [0.717, 1.165) is 0 Å². The highest BCUT2D eigenvalue weighted by atomic mass is 32.2. The highest BCUT2D eigenvalue weighted by Gasteiger charge is 2.21. The van der Waals surface area contributed by atoms with Gasteiger partial charge in [0.2, 0.25) is 0 Å². The van der Waals surface area contributed by atoms with Crippen LogP contribution in [0.3, 0.4) is 0 Å². The summed E-state index contributed by atoms with van der Waals surface area (Å²) < 4.78 is 38.0. The van der Waals surface area contributed by atoms with Crippen LogP contribution in [0.2, 0.25) is 0 Å². The molecule has 0 aromatic heterocycles. The lowest BCUT2D eigenvalue weighted by molar-refractivity contribution is 0.0302. The van der Waals surface area contributed by atoms with Gasteiger partial charge in [-0.25, -0.2) is 8.42 Å². The molecule has 0 unspecified atom stereocenters. The number of anilines is 1. The molecule has 0 radical (unpaired) electrons. The number of ether oxygens (including phenoxy) is 2. The Bertz CT molecular complexity index is 875. The Labute approximate surface area is 152 Å². The molecule has 2 aromatic carbocycles. The molecule has 1 aliphatic heterocycles. The molecule has 1 fully saturated rings. The summed E-state index contributed by atoms with van der Waals surface area (Å²) in [5.41, 5.74) is 0.750. The van der Waals surface area contributed by atoms with Crippen LogP contribution in [0.5, 0.6) is 5.75 Å². The number of nitrogens with zero attached hydrogens (tertiary/aromatic N) is 1. The summed E-state index contributed by atoms with van der Waals surface area (Å²) in [7, 11) is -2.27. The van der Waals surface area contributed by atoms with E-state index in [0.29, 0.717) is 43.3 Å². The summed E-state index contributed by atoms with van der Waals surface area (Å²) >= 11 is 0. The Hall–Kier alpha value is -2.58. The van der Waals surface area contributed by atoms with Crippen molar-refractivity contribution in [3.8, 4) is 5.75 Å². The number of morpholine rings is 1. The zero-order valence-electron chi connectivity index (χ0n) is 14.3. The minimum absolute atomic E-state index is 0.0347.